The summed E-state index contributed by atoms with van der Waals surface area (Å²) in [4.78, 5) is 15.3. The Hall–Kier alpha value is -3.15. The van der Waals surface area contributed by atoms with Gasteiger partial charge >= 0.3 is 0 Å². The molecule has 6 nitrogen and oxygen atoms in total. The van der Waals surface area contributed by atoms with Crippen molar-refractivity contribution in [2.24, 2.45) is 5.73 Å². The molecule has 0 aliphatic heterocycles. The summed E-state index contributed by atoms with van der Waals surface area (Å²) in [6, 6.07) is 14.1. The van der Waals surface area contributed by atoms with Crippen LogP contribution in [0.15, 0.2) is 54.9 Å². The van der Waals surface area contributed by atoms with Crippen molar-refractivity contribution < 1.29 is 4.79 Å². The summed E-state index contributed by atoms with van der Waals surface area (Å²) in [6.07, 6.45) is 6.72. The van der Waals surface area contributed by atoms with Gasteiger partial charge in [-0.05, 0) is 37.0 Å². The molecule has 4 rings (SSSR count). The number of hydrogen-bond acceptors (Lipinski definition) is 4. The number of fused-ring (bicyclic) bond motifs is 1. The van der Waals surface area contributed by atoms with E-state index in [-0.39, 0.29) is 11.7 Å². The monoisotopic (exact) mass is 347 g/mol. The van der Waals surface area contributed by atoms with Gasteiger partial charge in [0.15, 0.2) is 0 Å². The van der Waals surface area contributed by atoms with Gasteiger partial charge in [-0.15, -0.1) is 0 Å². The molecule has 1 unspecified atom stereocenters. The molecule has 1 aliphatic rings. The first-order chi connectivity index (χ1) is 12.7. The molecular formula is C20H21N5O. The number of carbonyl (C=O) groups excluding carboxylic acids is 1. The van der Waals surface area contributed by atoms with Crippen molar-refractivity contribution in [2.75, 3.05) is 5.32 Å². The second-order valence-electron chi connectivity index (χ2n) is 6.57. The van der Waals surface area contributed by atoms with Gasteiger partial charge in [0, 0.05) is 23.1 Å². The van der Waals surface area contributed by atoms with Crippen LogP contribution in [0.25, 0.3) is 0 Å². The number of anilines is 1. The number of nitrogens with one attached hydrogen (secondary N) is 1. The van der Waals surface area contributed by atoms with Crippen LogP contribution in [0.4, 0.5) is 5.69 Å². The standard InChI is InChI=1S/C20H21N5O/c21-20(26)18-11-15(9-10-22-18)24-17-7-4-8-19-16(17)12-23-25(19)13-14-5-2-1-3-6-14/h1-3,5-6,9-12,17H,4,7-8,13H2,(H2,21,26)(H,22,24). The predicted molar refractivity (Wildman–Crippen MR) is 99.8 cm³/mol. The van der Waals surface area contributed by atoms with E-state index in [9.17, 15) is 4.79 Å². The quantitative estimate of drug-likeness (QED) is 0.743. The summed E-state index contributed by atoms with van der Waals surface area (Å²) in [7, 11) is 0. The molecule has 2 heterocycles. The molecule has 0 fully saturated rings. The van der Waals surface area contributed by atoms with E-state index in [1.165, 1.54) is 16.8 Å². The highest BCUT2D eigenvalue weighted by molar-refractivity contribution is 5.91. The normalized spacial score (nSPS) is 16.1. The lowest BCUT2D eigenvalue weighted by molar-refractivity contribution is 0.0995. The first-order valence-electron chi connectivity index (χ1n) is 8.81. The highest BCUT2D eigenvalue weighted by Gasteiger charge is 2.24. The molecule has 1 amide bonds. The van der Waals surface area contributed by atoms with Crippen molar-refractivity contribution in [2.45, 2.75) is 31.8 Å². The first kappa shape index (κ1) is 16.3. The summed E-state index contributed by atoms with van der Waals surface area (Å²) < 4.78 is 2.10. The van der Waals surface area contributed by atoms with Crippen molar-refractivity contribution in [1.82, 2.24) is 14.8 Å². The van der Waals surface area contributed by atoms with Gasteiger partial charge in [-0.25, -0.2) is 0 Å². The number of nitrogens with zero attached hydrogens (tertiary/aromatic N) is 3. The first-order valence-corrected chi connectivity index (χ1v) is 8.81. The molecule has 0 radical (unpaired) electrons. The Kier molecular flexibility index (Phi) is 4.39. The van der Waals surface area contributed by atoms with E-state index in [1.807, 2.05) is 18.3 Å². The van der Waals surface area contributed by atoms with Crippen LogP contribution in [0.2, 0.25) is 0 Å². The number of primary amides is 1. The van der Waals surface area contributed by atoms with Crippen molar-refractivity contribution in [3.63, 3.8) is 0 Å². The second kappa shape index (κ2) is 7.00. The van der Waals surface area contributed by atoms with Crippen LogP contribution in [-0.4, -0.2) is 20.7 Å². The largest absolute Gasteiger partial charge is 0.378 e. The third-order valence-corrected chi connectivity index (χ3v) is 4.79. The van der Waals surface area contributed by atoms with E-state index in [0.717, 1.165) is 31.5 Å². The van der Waals surface area contributed by atoms with Crippen molar-refractivity contribution in [1.29, 1.82) is 0 Å². The zero-order valence-electron chi connectivity index (χ0n) is 14.4. The summed E-state index contributed by atoms with van der Waals surface area (Å²) in [5, 5.41) is 8.13. The topological polar surface area (TPSA) is 85.8 Å². The Morgan fingerprint density at radius 1 is 1.27 bits per heavy atom. The molecule has 0 bridgehead atoms. The van der Waals surface area contributed by atoms with Crippen molar-refractivity contribution in [3.8, 4) is 0 Å². The number of amides is 1. The summed E-state index contributed by atoms with van der Waals surface area (Å²) in [6.45, 7) is 0.782. The van der Waals surface area contributed by atoms with Gasteiger partial charge in [0.1, 0.15) is 5.69 Å². The minimum atomic E-state index is -0.520. The Balaban J connectivity index is 1.56. The maximum absolute atomic E-state index is 11.3. The van der Waals surface area contributed by atoms with E-state index < -0.39 is 5.91 Å². The number of hydrogen-bond donors (Lipinski definition) is 2. The van der Waals surface area contributed by atoms with Crippen LogP contribution in [0.5, 0.6) is 0 Å². The lowest BCUT2D eigenvalue weighted by Gasteiger charge is -2.25. The molecule has 0 saturated heterocycles. The molecule has 3 aromatic rings. The van der Waals surface area contributed by atoms with Crippen LogP contribution in [0, 0.1) is 0 Å². The molecule has 132 valence electrons. The van der Waals surface area contributed by atoms with E-state index >= 15 is 0 Å². The van der Waals surface area contributed by atoms with Gasteiger partial charge in [0.05, 0.1) is 18.8 Å². The summed E-state index contributed by atoms with van der Waals surface area (Å²) in [5.41, 5.74) is 10.2. The highest BCUT2D eigenvalue weighted by atomic mass is 16.1. The second-order valence-corrected chi connectivity index (χ2v) is 6.57. The molecule has 2 aromatic heterocycles. The SMILES string of the molecule is NC(=O)c1cc(NC2CCCc3c2cnn3Cc2ccccc2)ccn1. The maximum atomic E-state index is 11.3. The maximum Gasteiger partial charge on any atom is 0.267 e. The zero-order valence-corrected chi connectivity index (χ0v) is 14.4. The fraction of sp³-hybridized carbons (Fsp3) is 0.250. The Morgan fingerprint density at radius 2 is 2.12 bits per heavy atom. The van der Waals surface area contributed by atoms with E-state index in [4.69, 9.17) is 5.73 Å². The smallest absolute Gasteiger partial charge is 0.267 e. The molecular weight excluding hydrogens is 326 g/mol. The minimum Gasteiger partial charge on any atom is -0.378 e. The predicted octanol–water partition coefficient (Wildman–Crippen LogP) is 2.91. The Morgan fingerprint density at radius 3 is 2.92 bits per heavy atom. The van der Waals surface area contributed by atoms with Crippen LogP contribution >= 0.6 is 0 Å². The van der Waals surface area contributed by atoms with Crippen LogP contribution < -0.4 is 11.1 Å². The van der Waals surface area contributed by atoms with Crippen molar-refractivity contribution >= 4 is 11.6 Å². The third kappa shape index (κ3) is 3.31. The summed E-state index contributed by atoms with van der Waals surface area (Å²) in [5.74, 6) is -0.520. The lowest BCUT2D eigenvalue weighted by Crippen LogP contribution is -2.19. The molecule has 1 aromatic carbocycles. The third-order valence-electron chi connectivity index (χ3n) is 4.79. The number of benzene rings is 1. The van der Waals surface area contributed by atoms with Crippen LogP contribution in [0.1, 0.15) is 46.2 Å². The van der Waals surface area contributed by atoms with Gasteiger partial charge in [-0.2, -0.15) is 5.10 Å². The van der Waals surface area contributed by atoms with Crippen molar-refractivity contribution in [3.05, 3.63) is 77.4 Å². The molecule has 1 aliphatic carbocycles. The molecule has 0 spiro atoms. The number of rotatable bonds is 5. The van der Waals surface area contributed by atoms with Gasteiger partial charge in [0.2, 0.25) is 0 Å². The minimum absolute atomic E-state index is 0.173. The zero-order chi connectivity index (χ0) is 17.9. The molecule has 0 saturated carbocycles. The number of pyridine rings is 1. The summed E-state index contributed by atoms with van der Waals surface area (Å²) >= 11 is 0. The average molecular weight is 347 g/mol. The Bertz CT molecular complexity index is 919. The fourth-order valence-electron chi connectivity index (χ4n) is 3.52. The fourth-order valence-corrected chi connectivity index (χ4v) is 3.52. The Labute approximate surface area is 152 Å². The van der Waals surface area contributed by atoms with Crippen LogP contribution in [0.3, 0.4) is 0 Å². The molecule has 3 N–H and O–H groups in total. The molecule has 1 atom stereocenters. The van der Waals surface area contributed by atoms with Gasteiger partial charge in [-0.3, -0.25) is 14.5 Å². The number of aromatic nitrogens is 3. The lowest BCUT2D eigenvalue weighted by atomic mass is 9.92. The van der Waals surface area contributed by atoms with Crippen LogP contribution in [-0.2, 0) is 13.0 Å². The number of nitrogens with two attached hydrogens (primary N) is 1. The average Bonchev–Trinajstić information content (AvgIpc) is 3.07. The number of carbonyl (C=O) groups is 1. The molecule has 6 heteroatoms. The van der Waals surface area contributed by atoms with Gasteiger partial charge in [0.25, 0.3) is 5.91 Å². The highest BCUT2D eigenvalue weighted by Crippen LogP contribution is 2.32. The van der Waals surface area contributed by atoms with Gasteiger partial charge in [-0.1, -0.05) is 30.3 Å². The molecule has 26 heavy (non-hydrogen) atoms. The van der Waals surface area contributed by atoms with E-state index in [1.54, 1.807) is 12.3 Å². The van der Waals surface area contributed by atoms with E-state index in [0.29, 0.717) is 0 Å². The van der Waals surface area contributed by atoms with Gasteiger partial charge < -0.3 is 11.1 Å². The van der Waals surface area contributed by atoms with E-state index in [2.05, 4.69) is 44.3 Å².